The highest BCUT2D eigenvalue weighted by atomic mass is 16.5. The van der Waals surface area contributed by atoms with E-state index in [1.54, 1.807) is 0 Å². The molecule has 0 aliphatic carbocycles. The maximum absolute atomic E-state index is 5.61. The molecule has 2 rings (SSSR count). The summed E-state index contributed by atoms with van der Waals surface area (Å²) in [6.45, 7) is 5.71. The van der Waals surface area contributed by atoms with Crippen LogP contribution in [0.15, 0.2) is 24.3 Å². The lowest BCUT2D eigenvalue weighted by atomic mass is 10.2. The van der Waals surface area contributed by atoms with Crippen LogP contribution in [0.25, 0.3) is 0 Å². The molecule has 0 saturated carbocycles. The van der Waals surface area contributed by atoms with Crippen LogP contribution in [-0.4, -0.2) is 25.9 Å². The van der Waals surface area contributed by atoms with Crippen LogP contribution in [-0.2, 0) is 11.3 Å². The fourth-order valence-electron chi connectivity index (χ4n) is 2.22. The topological polar surface area (TPSA) is 35.1 Å². The highest BCUT2D eigenvalue weighted by Crippen LogP contribution is 2.16. The summed E-state index contributed by atoms with van der Waals surface area (Å²) < 4.78 is 11.2. The molecule has 94 valence electrons. The van der Waals surface area contributed by atoms with Gasteiger partial charge in [0.25, 0.3) is 0 Å². The summed E-state index contributed by atoms with van der Waals surface area (Å²) in [5.74, 6) is 1.01. The van der Waals surface area contributed by atoms with Crippen LogP contribution in [0.3, 0.4) is 0 Å². The van der Waals surface area contributed by atoms with E-state index < -0.39 is 0 Å². The normalized spacial score (nSPS) is 19.5. The average Bonchev–Trinajstić information content (AvgIpc) is 2.85. The molecule has 17 heavy (non-hydrogen) atoms. The summed E-state index contributed by atoms with van der Waals surface area (Å²) in [5, 5.41) is 2.31. The van der Waals surface area contributed by atoms with E-state index in [1.165, 1.54) is 18.4 Å². The molecule has 1 fully saturated rings. The zero-order valence-electron chi connectivity index (χ0n) is 10.5. The number of para-hydroxylation sites is 1. The van der Waals surface area contributed by atoms with Gasteiger partial charge in [-0.2, -0.15) is 0 Å². The van der Waals surface area contributed by atoms with Crippen LogP contribution in [0.4, 0.5) is 0 Å². The van der Waals surface area contributed by atoms with E-state index in [-0.39, 0.29) is 0 Å². The Morgan fingerprint density at radius 1 is 1.41 bits per heavy atom. The van der Waals surface area contributed by atoms with Gasteiger partial charge in [-0.05, 0) is 31.9 Å². The SMILES string of the molecule is CCOc1ccccc1C[NH2+]C[C@@H]1CCCO1. The fourth-order valence-corrected chi connectivity index (χ4v) is 2.22. The average molecular weight is 236 g/mol. The van der Waals surface area contributed by atoms with Gasteiger partial charge in [0.2, 0.25) is 0 Å². The molecule has 0 spiro atoms. The van der Waals surface area contributed by atoms with E-state index >= 15 is 0 Å². The van der Waals surface area contributed by atoms with E-state index in [1.807, 2.05) is 19.1 Å². The molecule has 0 radical (unpaired) electrons. The monoisotopic (exact) mass is 236 g/mol. The Kier molecular flexibility index (Phi) is 4.83. The molecule has 1 heterocycles. The molecule has 1 aliphatic heterocycles. The Bertz CT molecular complexity index is 335. The highest BCUT2D eigenvalue weighted by molar-refractivity contribution is 5.32. The minimum atomic E-state index is 0.453. The van der Waals surface area contributed by atoms with Crippen molar-refractivity contribution in [1.29, 1.82) is 0 Å². The van der Waals surface area contributed by atoms with Crippen LogP contribution in [0.5, 0.6) is 5.75 Å². The molecule has 0 amide bonds. The van der Waals surface area contributed by atoms with E-state index in [9.17, 15) is 0 Å². The quantitative estimate of drug-likeness (QED) is 0.808. The zero-order valence-corrected chi connectivity index (χ0v) is 10.5. The predicted octanol–water partition coefficient (Wildman–Crippen LogP) is 1.33. The van der Waals surface area contributed by atoms with Gasteiger partial charge in [-0.1, -0.05) is 12.1 Å². The predicted molar refractivity (Wildman–Crippen MR) is 67.1 cm³/mol. The first-order chi connectivity index (χ1) is 8.40. The van der Waals surface area contributed by atoms with E-state index in [4.69, 9.17) is 9.47 Å². The highest BCUT2D eigenvalue weighted by Gasteiger charge is 2.17. The lowest BCUT2D eigenvalue weighted by Crippen LogP contribution is -2.84. The van der Waals surface area contributed by atoms with E-state index in [0.717, 1.165) is 32.1 Å². The third-order valence-corrected chi connectivity index (χ3v) is 3.09. The van der Waals surface area contributed by atoms with Gasteiger partial charge < -0.3 is 14.8 Å². The molecule has 1 saturated heterocycles. The molecule has 0 aromatic heterocycles. The molecule has 1 aliphatic rings. The second kappa shape index (κ2) is 6.62. The Morgan fingerprint density at radius 3 is 3.06 bits per heavy atom. The largest absolute Gasteiger partial charge is 0.493 e. The number of quaternary nitrogens is 1. The van der Waals surface area contributed by atoms with Crippen molar-refractivity contribution in [3.63, 3.8) is 0 Å². The van der Waals surface area contributed by atoms with Crippen LogP contribution < -0.4 is 10.1 Å². The second-order valence-corrected chi connectivity index (χ2v) is 4.40. The standard InChI is InChI=1S/C14H21NO2/c1-2-16-14-8-4-3-6-12(14)10-15-11-13-7-5-9-17-13/h3-4,6,8,13,15H,2,5,7,9-11H2,1H3/p+1/t13-/m0/s1. The Balaban J connectivity index is 1.80. The van der Waals surface area contributed by atoms with Crippen molar-refractivity contribution in [2.24, 2.45) is 0 Å². The minimum absolute atomic E-state index is 0.453. The number of rotatable bonds is 6. The Morgan fingerprint density at radius 2 is 2.29 bits per heavy atom. The summed E-state index contributed by atoms with van der Waals surface area (Å²) in [5.41, 5.74) is 1.27. The summed E-state index contributed by atoms with van der Waals surface area (Å²) in [6.07, 6.45) is 2.88. The lowest BCUT2D eigenvalue weighted by molar-refractivity contribution is -0.676. The molecule has 0 unspecified atom stereocenters. The smallest absolute Gasteiger partial charge is 0.128 e. The van der Waals surface area contributed by atoms with Gasteiger partial charge in [-0.15, -0.1) is 0 Å². The van der Waals surface area contributed by atoms with Crippen molar-refractivity contribution in [2.75, 3.05) is 19.8 Å². The number of ether oxygens (including phenoxy) is 2. The summed E-state index contributed by atoms with van der Waals surface area (Å²) in [4.78, 5) is 0. The molecular formula is C14H22NO2+. The van der Waals surface area contributed by atoms with Gasteiger partial charge in [0.05, 0.1) is 6.61 Å². The van der Waals surface area contributed by atoms with Crippen molar-refractivity contribution in [3.05, 3.63) is 29.8 Å². The lowest BCUT2D eigenvalue weighted by Gasteiger charge is -2.11. The molecular weight excluding hydrogens is 214 g/mol. The van der Waals surface area contributed by atoms with Crippen LogP contribution in [0.2, 0.25) is 0 Å². The number of hydrogen-bond donors (Lipinski definition) is 1. The van der Waals surface area contributed by atoms with Gasteiger partial charge in [-0.3, -0.25) is 0 Å². The first-order valence-corrected chi connectivity index (χ1v) is 6.54. The third-order valence-electron chi connectivity index (χ3n) is 3.09. The minimum Gasteiger partial charge on any atom is -0.493 e. The molecule has 3 nitrogen and oxygen atoms in total. The first kappa shape index (κ1) is 12.4. The Hall–Kier alpha value is -1.06. The molecule has 1 aromatic carbocycles. The molecule has 1 atom stereocenters. The second-order valence-electron chi connectivity index (χ2n) is 4.40. The van der Waals surface area contributed by atoms with Gasteiger partial charge in [0.1, 0.15) is 24.9 Å². The third kappa shape index (κ3) is 3.72. The van der Waals surface area contributed by atoms with Crippen LogP contribution in [0, 0.1) is 0 Å². The van der Waals surface area contributed by atoms with E-state index in [2.05, 4.69) is 17.4 Å². The summed E-state index contributed by atoms with van der Waals surface area (Å²) >= 11 is 0. The van der Waals surface area contributed by atoms with Crippen molar-refractivity contribution < 1.29 is 14.8 Å². The summed E-state index contributed by atoms with van der Waals surface area (Å²) in [6, 6.07) is 8.27. The number of benzene rings is 1. The maximum Gasteiger partial charge on any atom is 0.128 e. The van der Waals surface area contributed by atoms with Crippen molar-refractivity contribution in [3.8, 4) is 5.75 Å². The molecule has 2 N–H and O–H groups in total. The van der Waals surface area contributed by atoms with Crippen LogP contribution >= 0.6 is 0 Å². The summed E-state index contributed by atoms with van der Waals surface area (Å²) in [7, 11) is 0. The Labute approximate surface area is 103 Å². The fraction of sp³-hybridized carbons (Fsp3) is 0.571. The molecule has 0 bridgehead atoms. The van der Waals surface area contributed by atoms with Gasteiger partial charge in [-0.25, -0.2) is 0 Å². The number of hydrogen-bond acceptors (Lipinski definition) is 2. The molecule has 1 aromatic rings. The van der Waals surface area contributed by atoms with Crippen molar-refractivity contribution >= 4 is 0 Å². The van der Waals surface area contributed by atoms with E-state index in [0.29, 0.717) is 6.10 Å². The maximum atomic E-state index is 5.61. The zero-order chi connectivity index (χ0) is 11.9. The van der Waals surface area contributed by atoms with Gasteiger partial charge >= 0.3 is 0 Å². The molecule has 3 heteroatoms. The van der Waals surface area contributed by atoms with Crippen molar-refractivity contribution in [1.82, 2.24) is 0 Å². The first-order valence-electron chi connectivity index (χ1n) is 6.54. The van der Waals surface area contributed by atoms with Gasteiger partial charge in [0.15, 0.2) is 0 Å². The number of nitrogens with two attached hydrogens (primary N) is 1. The van der Waals surface area contributed by atoms with Crippen LogP contribution in [0.1, 0.15) is 25.3 Å². The van der Waals surface area contributed by atoms with Gasteiger partial charge in [0, 0.05) is 12.2 Å². The van der Waals surface area contributed by atoms with Crippen molar-refractivity contribution in [2.45, 2.75) is 32.4 Å².